The van der Waals surface area contributed by atoms with Crippen LogP contribution in [0.4, 0.5) is 5.69 Å². The number of hydrogen-bond acceptors (Lipinski definition) is 3. The average Bonchev–Trinajstić information content (AvgIpc) is 2.59. The minimum absolute atomic E-state index is 0.803. The van der Waals surface area contributed by atoms with Crippen LogP contribution in [0.3, 0.4) is 0 Å². The van der Waals surface area contributed by atoms with Crippen molar-refractivity contribution in [3.05, 3.63) is 34.9 Å². The molecule has 0 saturated carbocycles. The number of pyridine rings is 1. The van der Waals surface area contributed by atoms with Crippen molar-refractivity contribution in [3.8, 4) is 0 Å². The van der Waals surface area contributed by atoms with Crippen molar-refractivity contribution < 1.29 is 4.74 Å². The molecule has 2 aromatic rings. The van der Waals surface area contributed by atoms with Crippen LogP contribution >= 0.6 is 15.9 Å². The third kappa shape index (κ3) is 4.68. The molecule has 1 aliphatic rings. The van der Waals surface area contributed by atoms with E-state index in [4.69, 9.17) is 4.74 Å². The van der Waals surface area contributed by atoms with E-state index in [0.29, 0.717) is 0 Å². The Kier molecular flexibility index (Phi) is 8.31. The Morgan fingerprint density at radius 3 is 2.38 bits per heavy atom. The van der Waals surface area contributed by atoms with Gasteiger partial charge in [0.25, 0.3) is 0 Å². The van der Waals surface area contributed by atoms with E-state index in [1.165, 1.54) is 11.1 Å². The van der Waals surface area contributed by atoms with Gasteiger partial charge in [0.05, 0.1) is 18.7 Å². The van der Waals surface area contributed by atoms with Crippen molar-refractivity contribution in [2.24, 2.45) is 0 Å². The van der Waals surface area contributed by atoms with Crippen molar-refractivity contribution in [2.75, 3.05) is 31.2 Å². The third-order valence-electron chi connectivity index (χ3n) is 3.03. The van der Waals surface area contributed by atoms with Gasteiger partial charge in [-0.1, -0.05) is 43.6 Å². The predicted octanol–water partition coefficient (Wildman–Crippen LogP) is 4.89. The summed E-state index contributed by atoms with van der Waals surface area (Å²) in [6, 6.07) is 8.29. The normalized spacial score (nSPS) is 13.9. The zero-order chi connectivity index (χ0) is 15.7. The highest BCUT2D eigenvalue weighted by Gasteiger charge is 2.14. The van der Waals surface area contributed by atoms with Gasteiger partial charge >= 0.3 is 0 Å². The number of halogens is 1. The summed E-state index contributed by atoms with van der Waals surface area (Å²) in [5.74, 6) is 0. The van der Waals surface area contributed by atoms with Crippen molar-refractivity contribution >= 4 is 32.5 Å². The number of benzene rings is 1. The van der Waals surface area contributed by atoms with Gasteiger partial charge in [-0.2, -0.15) is 0 Å². The maximum Gasteiger partial charge on any atom is 0.0723 e. The van der Waals surface area contributed by atoms with Crippen LogP contribution < -0.4 is 4.90 Å². The lowest BCUT2D eigenvalue weighted by atomic mass is 10.1. The lowest BCUT2D eigenvalue weighted by Gasteiger charge is -2.29. The molecule has 0 radical (unpaired) electrons. The number of anilines is 1. The number of aromatic nitrogens is 1. The largest absolute Gasteiger partial charge is 0.378 e. The zero-order valence-corrected chi connectivity index (χ0v) is 15.0. The first-order valence-electron chi connectivity index (χ1n) is 7.71. The van der Waals surface area contributed by atoms with Crippen LogP contribution in [0, 0.1) is 0 Å². The minimum atomic E-state index is 0.803. The Balaban J connectivity index is 0.000000510. The Labute approximate surface area is 136 Å². The van der Waals surface area contributed by atoms with Gasteiger partial charge in [0.15, 0.2) is 0 Å². The molecule has 0 atom stereocenters. The van der Waals surface area contributed by atoms with Crippen LogP contribution in [0.2, 0.25) is 0 Å². The van der Waals surface area contributed by atoms with Crippen LogP contribution in [0.1, 0.15) is 27.7 Å². The number of rotatable bonds is 1. The van der Waals surface area contributed by atoms with Gasteiger partial charge < -0.3 is 9.64 Å². The van der Waals surface area contributed by atoms with E-state index in [1.807, 2.05) is 46.0 Å². The second-order valence-corrected chi connectivity index (χ2v) is 5.01. The highest BCUT2D eigenvalue weighted by Crippen LogP contribution is 2.28. The van der Waals surface area contributed by atoms with Crippen LogP contribution in [0.15, 0.2) is 34.9 Å². The summed E-state index contributed by atoms with van der Waals surface area (Å²) >= 11 is 3.52. The van der Waals surface area contributed by atoms with Crippen LogP contribution in [0.5, 0.6) is 0 Å². The molecule has 0 unspecified atom stereocenters. The summed E-state index contributed by atoms with van der Waals surface area (Å²) < 4.78 is 6.48. The lowest BCUT2D eigenvalue weighted by Crippen LogP contribution is -2.36. The van der Waals surface area contributed by atoms with Crippen molar-refractivity contribution in [1.29, 1.82) is 0 Å². The molecule has 0 bridgehead atoms. The van der Waals surface area contributed by atoms with Gasteiger partial charge in [0.2, 0.25) is 0 Å². The molecule has 0 N–H and O–H groups in total. The lowest BCUT2D eigenvalue weighted by molar-refractivity contribution is 0.123. The number of morpholine rings is 1. The quantitative estimate of drug-likeness (QED) is 0.730. The summed E-state index contributed by atoms with van der Waals surface area (Å²) in [4.78, 5) is 6.76. The molecule has 0 spiro atoms. The van der Waals surface area contributed by atoms with E-state index in [9.17, 15) is 0 Å². The highest BCUT2D eigenvalue weighted by molar-refractivity contribution is 9.10. The Morgan fingerprint density at radius 1 is 1.05 bits per heavy atom. The van der Waals surface area contributed by atoms with Crippen molar-refractivity contribution in [1.82, 2.24) is 4.98 Å². The van der Waals surface area contributed by atoms with Crippen LogP contribution in [-0.2, 0) is 4.74 Å². The van der Waals surface area contributed by atoms with Gasteiger partial charge in [0, 0.05) is 34.8 Å². The maximum atomic E-state index is 5.39. The molecular weight excluding hydrogens is 328 g/mol. The average molecular weight is 353 g/mol. The van der Waals surface area contributed by atoms with E-state index in [2.05, 4.69) is 37.9 Å². The number of ether oxygens (including phenoxy) is 1. The zero-order valence-electron chi connectivity index (χ0n) is 13.4. The standard InChI is InChI=1S/C13H13BrN2O.2C2H6/c14-10-1-2-12-11(9-10)13(3-4-15-12)16-5-7-17-8-6-16;2*1-2/h1-4,9H,5-8H2;2*1-2H3. The molecule has 0 amide bonds. The smallest absolute Gasteiger partial charge is 0.0723 e. The number of fused-ring (bicyclic) bond motifs is 1. The molecule has 3 rings (SSSR count). The molecule has 1 saturated heterocycles. The second-order valence-electron chi connectivity index (χ2n) is 4.09. The van der Waals surface area contributed by atoms with Crippen molar-refractivity contribution in [3.63, 3.8) is 0 Å². The summed E-state index contributed by atoms with van der Waals surface area (Å²) in [6.07, 6.45) is 1.88. The fraction of sp³-hybridized carbons (Fsp3) is 0.471. The Bertz CT molecular complexity index is 539. The fourth-order valence-corrected chi connectivity index (χ4v) is 2.55. The highest BCUT2D eigenvalue weighted by atomic mass is 79.9. The molecule has 1 aromatic carbocycles. The third-order valence-corrected chi connectivity index (χ3v) is 3.53. The summed E-state index contributed by atoms with van der Waals surface area (Å²) in [5, 5.41) is 1.20. The summed E-state index contributed by atoms with van der Waals surface area (Å²) in [6.45, 7) is 11.5. The molecular formula is C17H25BrN2O. The Morgan fingerprint density at radius 2 is 1.71 bits per heavy atom. The molecule has 0 aliphatic carbocycles. The first-order chi connectivity index (χ1) is 10.3. The molecule has 4 heteroatoms. The molecule has 21 heavy (non-hydrogen) atoms. The Hall–Kier alpha value is -1.13. The van der Waals surface area contributed by atoms with Gasteiger partial charge in [-0.3, -0.25) is 4.98 Å². The predicted molar refractivity (Wildman–Crippen MR) is 95.2 cm³/mol. The molecule has 1 aliphatic heterocycles. The van der Waals surface area contributed by atoms with Gasteiger partial charge in [-0.05, 0) is 24.3 Å². The molecule has 116 valence electrons. The maximum absolute atomic E-state index is 5.39. The molecule has 2 heterocycles. The molecule has 1 fully saturated rings. The number of hydrogen-bond donors (Lipinski definition) is 0. The van der Waals surface area contributed by atoms with Gasteiger partial charge in [-0.15, -0.1) is 0 Å². The van der Waals surface area contributed by atoms with E-state index < -0.39 is 0 Å². The number of nitrogens with zero attached hydrogens (tertiary/aromatic N) is 2. The first kappa shape index (κ1) is 17.9. The summed E-state index contributed by atoms with van der Waals surface area (Å²) in [7, 11) is 0. The fourth-order valence-electron chi connectivity index (χ4n) is 2.18. The molecule has 3 nitrogen and oxygen atoms in total. The SMILES string of the molecule is Brc1ccc2nccc(N3CCOCC3)c2c1.CC.CC. The second kappa shape index (κ2) is 9.74. The van der Waals surface area contributed by atoms with E-state index in [0.717, 1.165) is 36.3 Å². The van der Waals surface area contributed by atoms with Crippen LogP contribution in [-0.4, -0.2) is 31.3 Å². The van der Waals surface area contributed by atoms with E-state index in [1.54, 1.807) is 0 Å². The monoisotopic (exact) mass is 352 g/mol. The van der Waals surface area contributed by atoms with Crippen LogP contribution in [0.25, 0.3) is 10.9 Å². The molecule has 1 aromatic heterocycles. The van der Waals surface area contributed by atoms with E-state index in [-0.39, 0.29) is 0 Å². The van der Waals surface area contributed by atoms with Gasteiger partial charge in [0.1, 0.15) is 0 Å². The first-order valence-corrected chi connectivity index (χ1v) is 8.51. The van der Waals surface area contributed by atoms with Crippen molar-refractivity contribution in [2.45, 2.75) is 27.7 Å². The van der Waals surface area contributed by atoms with E-state index >= 15 is 0 Å². The minimum Gasteiger partial charge on any atom is -0.378 e. The van der Waals surface area contributed by atoms with Gasteiger partial charge in [-0.25, -0.2) is 0 Å². The topological polar surface area (TPSA) is 25.4 Å². The summed E-state index contributed by atoms with van der Waals surface area (Å²) in [5.41, 5.74) is 2.29.